The Morgan fingerprint density at radius 1 is 1.29 bits per heavy atom. The van der Waals surface area contributed by atoms with Crippen LogP contribution in [0.5, 0.6) is 5.75 Å². The number of pyridine rings is 1. The molecule has 0 aliphatic carbocycles. The summed E-state index contributed by atoms with van der Waals surface area (Å²) in [6, 6.07) is 9.20. The summed E-state index contributed by atoms with van der Waals surface area (Å²) in [5.74, 6) is -1.27. The van der Waals surface area contributed by atoms with Crippen molar-refractivity contribution in [1.82, 2.24) is 4.98 Å². The summed E-state index contributed by atoms with van der Waals surface area (Å²) in [6.45, 7) is 1.74. The first kappa shape index (κ1) is 14.4. The van der Waals surface area contributed by atoms with Crippen LogP contribution in [0, 0.1) is 17.0 Å². The van der Waals surface area contributed by atoms with Gasteiger partial charge in [-0.05, 0) is 39.7 Å². The molecule has 2 aromatic rings. The number of nitro groups is 1. The van der Waals surface area contributed by atoms with Crippen LogP contribution in [0.3, 0.4) is 0 Å². The van der Waals surface area contributed by atoms with Gasteiger partial charge in [0.1, 0.15) is 12.3 Å². The summed E-state index contributed by atoms with van der Waals surface area (Å²) in [4.78, 5) is 24.9. The van der Waals surface area contributed by atoms with E-state index in [2.05, 4.69) is 4.98 Å². The summed E-state index contributed by atoms with van der Waals surface area (Å²) in [7, 11) is 0. The zero-order chi connectivity index (χ0) is 15.4. The number of aromatic nitrogens is 1. The molecule has 21 heavy (non-hydrogen) atoms. The molecule has 1 aromatic carbocycles. The van der Waals surface area contributed by atoms with Crippen LogP contribution in [0.25, 0.3) is 0 Å². The lowest BCUT2D eigenvalue weighted by molar-refractivity contribution is -0.390. The lowest BCUT2D eigenvalue weighted by Crippen LogP contribution is -2.02. The average molecular weight is 288 g/mol. The van der Waals surface area contributed by atoms with Crippen molar-refractivity contribution >= 4 is 11.8 Å². The van der Waals surface area contributed by atoms with E-state index in [1.807, 2.05) is 0 Å². The van der Waals surface area contributed by atoms with Gasteiger partial charge in [0.2, 0.25) is 5.75 Å². The number of aromatic carboxylic acids is 1. The number of nitrogens with zero attached hydrogens (tertiary/aromatic N) is 2. The van der Waals surface area contributed by atoms with Gasteiger partial charge in [-0.2, -0.15) is 0 Å². The van der Waals surface area contributed by atoms with Gasteiger partial charge in [-0.15, -0.1) is 0 Å². The summed E-state index contributed by atoms with van der Waals surface area (Å²) in [6.07, 6.45) is 0. The smallest absolute Gasteiger partial charge is 0.406 e. The standard InChI is InChI=1S/C14H12N2O5/c1-9-2-7-12(13(15-9)16(19)20)21-8-10-3-5-11(6-4-10)14(17)18/h2-7H,8H2,1H3,(H,17,18). The monoisotopic (exact) mass is 288 g/mol. The minimum Gasteiger partial charge on any atom is -0.481 e. The molecule has 2 rings (SSSR count). The van der Waals surface area contributed by atoms with Crippen LogP contribution in [-0.2, 0) is 6.61 Å². The predicted molar refractivity (Wildman–Crippen MR) is 73.4 cm³/mol. The number of carbonyl (C=O) groups is 1. The van der Waals surface area contributed by atoms with Gasteiger partial charge >= 0.3 is 11.8 Å². The summed E-state index contributed by atoms with van der Waals surface area (Å²) < 4.78 is 5.39. The van der Waals surface area contributed by atoms with E-state index in [4.69, 9.17) is 9.84 Å². The van der Waals surface area contributed by atoms with E-state index in [-0.39, 0.29) is 23.7 Å². The SMILES string of the molecule is Cc1ccc(OCc2ccc(C(=O)O)cc2)c([N+](=O)[O-])n1. The van der Waals surface area contributed by atoms with Gasteiger partial charge in [0.05, 0.1) is 5.56 Å². The van der Waals surface area contributed by atoms with Crippen molar-refractivity contribution in [3.8, 4) is 5.75 Å². The second kappa shape index (κ2) is 6.00. The van der Waals surface area contributed by atoms with Gasteiger partial charge in [0.25, 0.3) is 0 Å². The maximum atomic E-state index is 10.9. The highest BCUT2D eigenvalue weighted by Gasteiger charge is 2.17. The second-order valence-corrected chi connectivity index (χ2v) is 4.32. The van der Waals surface area contributed by atoms with E-state index in [0.717, 1.165) is 0 Å². The van der Waals surface area contributed by atoms with Crippen LogP contribution in [0.1, 0.15) is 21.6 Å². The van der Waals surface area contributed by atoms with Crippen LogP contribution in [0.4, 0.5) is 5.82 Å². The van der Waals surface area contributed by atoms with Crippen molar-refractivity contribution < 1.29 is 19.6 Å². The molecule has 1 aromatic heterocycles. The topological polar surface area (TPSA) is 103 Å². The molecule has 0 aliphatic rings. The third-order valence-corrected chi connectivity index (χ3v) is 2.75. The Hall–Kier alpha value is -2.96. The minimum absolute atomic E-state index is 0.0768. The van der Waals surface area contributed by atoms with Crippen molar-refractivity contribution in [2.45, 2.75) is 13.5 Å². The van der Waals surface area contributed by atoms with E-state index in [1.165, 1.54) is 18.2 Å². The summed E-state index contributed by atoms with van der Waals surface area (Å²) >= 11 is 0. The zero-order valence-electron chi connectivity index (χ0n) is 11.1. The van der Waals surface area contributed by atoms with Crippen LogP contribution >= 0.6 is 0 Å². The van der Waals surface area contributed by atoms with Crippen molar-refractivity contribution in [1.29, 1.82) is 0 Å². The Kier molecular flexibility index (Phi) is 4.13. The molecule has 0 spiro atoms. The number of benzene rings is 1. The Labute approximate surface area is 120 Å². The zero-order valence-corrected chi connectivity index (χ0v) is 11.1. The van der Waals surface area contributed by atoms with Crippen molar-refractivity contribution in [3.63, 3.8) is 0 Å². The highest BCUT2D eigenvalue weighted by atomic mass is 16.6. The van der Waals surface area contributed by atoms with E-state index < -0.39 is 10.9 Å². The van der Waals surface area contributed by atoms with Gasteiger partial charge in [-0.3, -0.25) is 0 Å². The maximum Gasteiger partial charge on any atom is 0.406 e. The first-order valence-electron chi connectivity index (χ1n) is 6.04. The van der Waals surface area contributed by atoms with Crippen molar-refractivity contribution in [3.05, 3.63) is 63.3 Å². The van der Waals surface area contributed by atoms with Crippen molar-refractivity contribution in [2.75, 3.05) is 0 Å². The van der Waals surface area contributed by atoms with Gasteiger partial charge in [-0.1, -0.05) is 12.1 Å². The van der Waals surface area contributed by atoms with Crippen LogP contribution < -0.4 is 4.74 Å². The molecule has 0 bridgehead atoms. The van der Waals surface area contributed by atoms with Crippen LogP contribution in [0.15, 0.2) is 36.4 Å². The first-order chi connectivity index (χ1) is 9.97. The molecule has 1 N–H and O–H groups in total. The third kappa shape index (κ3) is 3.53. The largest absolute Gasteiger partial charge is 0.481 e. The lowest BCUT2D eigenvalue weighted by atomic mass is 10.1. The molecule has 0 amide bonds. The van der Waals surface area contributed by atoms with E-state index in [1.54, 1.807) is 25.1 Å². The number of rotatable bonds is 5. The van der Waals surface area contributed by atoms with Gasteiger partial charge in [0.15, 0.2) is 0 Å². The lowest BCUT2D eigenvalue weighted by Gasteiger charge is -2.07. The number of ether oxygens (including phenoxy) is 1. The van der Waals surface area contributed by atoms with Gasteiger partial charge < -0.3 is 20.0 Å². The molecular formula is C14H12N2O5. The van der Waals surface area contributed by atoms with Gasteiger partial charge in [-0.25, -0.2) is 4.79 Å². The first-order valence-corrected chi connectivity index (χ1v) is 6.04. The molecule has 0 saturated heterocycles. The maximum absolute atomic E-state index is 10.9. The van der Waals surface area contributed by atoms with Gasteiger partial charge in [0, 0.05) is 6.92 Å². The molecule has 7 heteroatoms. The number of hydrogen-bond acceptors (Lipinski definition) is 5. The molecule has 0 fully saturated rings. The number of carboxylic acid groups (broad SMARTS) is 1. The fourth-order valence-electron chi connectivity index (χ4n) is 1.68. The average Bonchev–Trinajstić information content (AvgIpc) is 2.46. The quantitative estimate of drug-likeness (QED) is 0.670. The summed E-state index contributed by atoms with van der Waals surface area (Å²) in [5.41, 5.74) is 1.40. The second-order valence-electron chi connectivity index (χ2n) is 4.32. The molecule has 0 radical (unpaired) electrons. The number of carboxylic acids is 1. The Balaban J connectivity index is 2.13. The molecule has 108 valence electrons. The Morgan fingerprint density at radius 3 is 2.52 bits per heavy atom. The third-order valence-electron chi connectivity index (χ3n) is 2.75. The molecule has 0 aliphatic heterocycles. The highest BCUT2D eigenvalue weighted by molar-refractivity contribution is 5.87. The minimum atomic E-state index is -1.01. The number of hydrogen-bond donors (Lipinski definition) is 1. The fraction of sp³-hybridized carbons (Fsp3) is 0.143. The van der Waals surface area contributed by atoms with E-state index in [0.29, 0.717) is 11.3 Å². The predicted octanol–water partition coefficient (Wildman–Crippen LogP) is 2.58. The molecule has 0 atom stereocenters. The Morgan fingerprint density at radius 2 is 1.95 bits per heavy atom. The van der Waals surface area contributed by atoms with Crippen LogP contribution in [0.2, 0.25) is 0 Å². The number of aryl methyl sites for hydroxylation is 1. The molecule has 1 heterocycles. The van der Waals surface area contributed by atoms with E-state index >= 15 is 0 Å². The fourth-order valence-corrected chi connectivity index (χ4v) is 1.68. The molecule has 0 saturated carbocycles. The van der Waals surface area contributed by atoms with Crippen molar-refractivity contribution in [2.24, 2.45) is 0 Å². The molecular weight excluding hydrogens is 276 g/mol. The Bertz CT molecular complexity index is 682. The van der Waals surface area contributed by atoms with E-state index in [9.17, 15) is 14.9 Å². The molecule has 0 unspecified atom stereocenters. The normalized spacial score (nSPS) is 10.1. The highest BCUT2D eigenvalue weighted by Crippen LogP contribution is 2.25. The van der Waals surface area contributed by atoms with Crippen LogP contribution in [-0.4, -0.2) is 21.0 Å². The summed E-state index contributed by atoms with van der Waals surface area (Å²) in [5, 5.41) is 19.7. The molecule has 7 nitrogen and oxygen atoms in total.